The minimum atomic E-state index is 0.0221. The topological polar surface area (TPSA) is 41.4 Å². The number of piperazine rings is 1. The van der Waals surface area contributed by atoms with E-state index in [-0.39, 0.29) is 5.56 Å². The number of benzene rings is 1. The van der Waals surface area contributed by atoms with Crippen molar-refractivity contribution in [2.45, 2.75) is 32.1 Å². The summed E-state index contributed by atoms with van der Waals surface area (Å²) < 4.78 is 1.53. The average Bonchev–Trinajstić information content (AvgIpc) is 2.66. The van der Waals surface area contributed by atoms with Gasteiger partial charge >= 0.3 is 0 Å². The molecule has 0 radical (unpaired) electrons. The standard InChI is InChI=1S/C20H28N4O/c1-22-15-21-19-13-17(7-8-18(19)20(22)25)24-11-9-23(10-12-24)14-16-5-3-2-4-6-16/h7-8,13,15-16H,2-6,9-12,14H2,1H3. The minimum Gasteiger partial charge on any atom is -0.369 e. The number of rotatable bonds is 3. The molecule has 1 saturated carbocycles. The van der Waals surface area contributed by atoms with Gasteiger partial charge in [-0.05, 0) is 37.0 Å². The zero-order chi connectivity index (χ0) is 17.2. The summed E-state index contributed by atoms with van der Waals surface area (Å²) in [4.78, 5) is 21.6. The molecule has 1 aromatic carbocycles. The van der Waals surface area contributed by atoms with Crippen molar-refractivity contribution in [3.8, 4) is 0 Å². The number of hydrogen-bond donors (Lipinski definition) is 0. The summed E-state index contributed by atoms with van der Waals surface area (Å²) in [6, 6.07) is 6.06. The lowest BCUT2D eigenvalue weighted by Crippen LogP contribution is -2.48. The number of aryl methyl sites for hydroxylation is 1. The predicted molar refractivity (Wildman–Crippen MR) is 102 cm³/mol. The van der Waals surface area contributed by atoms with Gasteiger partial charge in [0.05, 0.1) is 17.2 Å². The van der Waals surface area contributed by atoms with E-state index in [0.29, 0.717) is 5.39 Å². The second-order valence-corrected chi connectivity index (χ2v) is 7.65. The van der Waals surface area contributed by atoms with E-state index in [2.05, 4.69) is 26.9 Å². The summed E-state index contributed by atoms with van der Waals surface area (Å²) in [5.74, 6) is 0.918. The molecule has 4 rings (SSSR count). The van der Waals surface area contributed by atoms with E-state index in [0.717, 1.165) is 37.6 Å². The maximum Gasteiger partial charge on any atom is 0.260 e. The van der Waals surface area contributed by atoms with Crippen molar-refractivity contribution in [2.75, 3.05) is 37.6 Å². The molecule has 0 atom stereocenters. The lowest BCUT2D eigenvalue weighted by atomic mass is 9.89. The molecule has 25 heavy (non-hydrogen) atoms. The minimum absolute atomic E-state index is 0.0221. The van der Waals surface area contributed by atoms with Crippen LogP contribution < -0.4 is 10.5 Å². The highest BCUT2D eigenvalue weighted by atomic mass is 16.1. The fourth-order valence-corrected chi connectivity index (χ4v) is 4.32. The van der Waals surface area contributed by atoms with Gasteiger partial charge in [-0.25, -0.2) is 4.98 Å². The van der Waals surface area contributed by atoms with E-state index in [4.69, 9.17) is 0 Å². The highest BCUT2D eigenvalue weighted by Crippen LogP contribution is 2.25. The van der Waals surface area contributed by atoms with Gasteiger partial charge in [0.15, 0.2) is 0 Å². The van der Waals surface area contributed by atoms with Gasteiger partial charge in [-0.2, -0.15) is 0 Å². The first kappa shape index (κ1) is 16.6. The van der Waals surface area contributed by atoms with E-state index in [1.165, 1.54) is 48.9 Å². The molecule has 0 amide bonds. The number of aromatic nitrogens is 2. The molecule has 2 aromatic rings. The van der Waals surface area contributed by atoms with E-state index in [1.807, 2.05) is 6.07 Å². The third-order valence-corrected chi connectivity index (χ3v) is 5.88. The Bertz CT molecular complexity index is 786. The van der Waals surface area contributed by atoms with E-state index in [9.17, 15) is 4.79 Å². The molecule has 1 aromatic heterocycles. The quantitative estimate of drug-likeness (QED) is 0.861. The molecule has 134 valence electrons. The van der Waals surface area contributed by atoms with Crippen LogP contribution in [0.1, 0.15) is 32.1 Å². The Morgan fingerprint density at radius 3 is 2.60 bits per heavy atom. The molecule has 1 saturated heterocycles. The van der Waals surface area contributed by atoms with Crippen molar-refractivity contribution in [1.29, 1.82) is 0 Å². The summed E-state index contributed by atoms with van der Waals surface area (Å²) in [6.07, 6.45) is 8.74. The molecule has 0 N–H and O–H groups in total. The molecule has 5 nitrogen and oxygen atoms in total. The molecular weight excluding hydrogens is 312 g/mol. The van der Waals surface area contributed by atoms with E-state index in [1.54, 1.807) is 13.4 Å². The highest BCUT2D eigenvalue weighted by Gasteiger charge is 2.22. The summed E-state index contributed by atoms with van der Waals surface area (Å²) in [5.41, 5.74) is 2.00. The van der Waals surface area contributed by atoms with Crippen LogP contribution in [0.2, 0.25) is 0 Å². The maximum atomic E-state index is 12.2. The largest absolute Gasteiger partial charge is 0.369 e. The highest BCUT2D eigenvalue weighted by molar-refractivity contribution is 5.81. The third-order valence-electron chi connectivity index (χ3n) is 5.88. The first-order valence-corrected chi connectivity index (χ1v) is 9.63. The molecule has 0 bridgehead atoms. The predicted octanol–water partition coefficient (Wildman–Crippen LogP) is 2.64. The second-order valence-electron chi connectivity index (χ2n) is 7.65. The van der Waals surface area contributed by atoms with Crippen LogP contribution in [-0.4, -0.2) is 47.2 Å². The van der Waals surface area contributed by atoms with Crippen molar-refractivity contribution >= 4 is 16.6 Å². The smallest absolute Gasteiger partial charge is 0.260 e. The molecule has 2 fully saturated rings. The lowest BCUT2D eigenvalue weighted by molar-refractivity contribution is 0.192. The Labute approximate surface area is 149 Å². The number of hydrogen-bond acceptors (Lipinski definition) is 4. The molecule has 0 unspecified atom stereocenters. The zero-order valence-electron chi connectivity index (χ0n) is 15.2. The van der Waals surface area contributed by atoms with Crippen LogP contribution >= 0.6 is 0 Å². The number of anilines is 1. The SMILES string of the molecule is Cn1cnc2cc(N3CCN(CC4CCCCC4)CC3)ccc2c1=O. The van der Waals surface area contributed by atoms with Crippen LogP contribution in [0.15, 0.2) is 29.3 Å². The Kier molecular flexibility index (Phi) is 4.75. The van der Waals surface area contributed by atoms with Crippen LogP contribution in [-0.2, 0) is 7.05 Å². The van der Waals surface area contributed by atoms with Gasteiger partial charge in [0.1, 0.15) is 0 Å². The first-order valence-electron chi connectivity index (χ1n) is 9.63. The van der Waals surface area contributed by atoms with Gasteiger partial charge < -0.3 is 9.47 Å². The Morgan fingerprint density at radius 1 is 1.08 bits per heavy atom. The molecule has 0 spiro atoms. The third kappa shape index (κ3) is 3.56. The van der Waals surface area contributed by atoms with E-state index >= 15 is 0 Å². The second kappa shape index (κ2) is 7.16. The fraction of sp³-hybridized carbons (Fsp3) is 0.600. The van der Waals surface area contributed by atoms with Crippen molar-refractivity contribution < 1.29 is 0 Å². The average molecular weight is 340 g/mol. The first-order chi connectivity index (χ1) is 12.2. The normalized spacial score (nSPS) is 20.3. The van der Waals surface area contributed by atoms with Crippen molar-refractivity contribution in [1.82, 2.24) is 14.5 Å². The summed E-state index contributed by atoms with van der Waals surface area (Å²) in [5, 5.41) is 0.699. The van der Waals surface area contributed by atoms with Crippen LogP contribution in [0.3, 0.4) is 0 Å². The maximum absolute atomic E-state index is 12.2. The molecule has 2 heterocycles. The Morgan fingerprint density at radius 2 is 1.84 bits per heavy atom. The molecule has 5 heteroatoms. The fourth-order valence-electron chi connectivity index (χ4n) is 4.32. The molecule has 2 aliphatic rings. The van der Waals surface area contributed by atoms with Gasteiger partial charge in [-0.15, -0.1) is 0 Å². The molecule has 1 aliphatic heterocycles. The lowest BCUT2D eigenvalue weighted by Gasteiger charge is -2.38. The Hall–Kier alpha value is -1.88. The Balaban J connectivity index is 1.41. The number of fused-ring (bicyclic) bond motifs is 1. The summed E-state index contributed by atoms with van der Waals surface area (Å²) in [6.45, 7) is 5.67. The van der Waals surface area contributed by atoms with Crippen LogP contribution in [0, 0.1) is 5.92 Å². The van der Waals surface area contributed by atoms with Crippen LogP contribution in [0.4, 0.5) is 5.69 Å². The zero-order valence-corrected chi connectivity index (χ0v) is 15.2. The van der Waals surface area contributed by atoms with Crippen LogP contribution in [0.25, 0.3) is 10.9 Å². The molecular formula is C20H28N4O. The summed E-state index contributed by atoms with van der Waals surface area (Å²) >= 11 is 0. The van der Waals surface area contributed by atoms with Gasteiger partial charge in [-0.1, -0.05) is 19.3 Å². The monoisotopic (exact) mass is 340 g/mol. The van der Waals surface area contributed by atoms with Crippen molar-refractivity contribution in [3.63, 3.8) is 0 Å². The summed E-state index contributed by atoms with van der Waals surface area (Å²) in [7, 11) is 1.74. The van der Waals surface area contributed by atoms with Gasteiger partial charge in [0.25, 0.3) is 5.56 Å². The van der Waals surface area contributed by atoms with E-state index < -0.39 is 0 Å². The number of nitrogens with zero attached hydrogens (tertiary/aromatic N) is 4. The van der Waals surface area contributed by atoms with Gasteiger partial charge in [0, 0.05) is 45.5 Å². The van der Waals surface area contributed by atoms with Crippen molar-refractivity contribution in [3.05, 3.63) is 34.9 Å². The van der Waals surface area contributed by atoms with Crippen molar-refractivity contribution in [2.24, 2.45) is 13.0 Å². The van der Waals surface area contributed by atoms with Crippen LogP contribution in [0.5, 0.6) is 0 Å². The molecule has 1 aliphatic carbocycles. The van der Waals surface area contributed by atoms with Gasteiger partial charge in [0.2, 0.25) is 0 Å². The van der Waals surface area contributed by atoms with Gasteiger partial charge in [-0.3, -0.25) is 9.69 Å².